The molecule has 5 atom stereocenters. The first-order valence-electron chi connectivity index (χ1n) is 12.5. The summed E-state index contributed by atoms with van der Waals surface area (Å²) in [4.78, 5) is 28.9. The summed E-state index contributed by atoms with van der Waals surface area (Å²) in [5.74, 6) is -2.13. The smallest absolute Gasteiger partial charge is 0.410 e. The summed E-state index contributed by atoms with van der Waals surface area (Å²) in [6.07, 6.45) is -3.45. The van der Waals surface area contributed by atoms with Crippen LogP contribution in [-0.4, -0.2) is 59.8 Å². The number of hydrogen-bond donors (Lipinski definition) is 0. The third kappa shape index (κ3) is 3.42. The number of fused-ring (bicyclic) bond motifs is 6. The van der Waals surface area contributed by atoms with Crippen LogP contribution in [0.2, 0.25) is 0 Å². The Morgan fingerprint density at radius 3 is 2.53 bits per heavy atom. The van der Waals surface area contributed by atoms with Gasteiger partial charge in [0, 0.05) is 24.2 Å². The summed E-state index contributed by atoms with van der Waals surface area (Å²) in [6.45, 7) is 1.85. The van der Waals surface area contributed by atoms with Crippen LogP contribution in [0.5, 0.6) is 0 Å². The number of benzene rings is 2. The highest BCUT2D eigenvalue weighted by Crippen LogP contribution is 2.62. The number of nitriles is 1. The highest BCUT2D eigenvalue weighted by atomic mass is 19.4. The predicted molar refractivity (Wildman–Crippen MR) is 130 cm³/mol. The van der Waals surface area contributed by atoms with Gasteiger partial charge in [0.2, 0.25) is 17.7 Å². The molecule has 4 aliphatic heterocycles. The van der Waals surface area contributed by atoms with Crippen molar-refractivity contribution in [3.8, 4) is 6.07 Å². The van der Waals surface area contributed by atoms with Crippen LogP contribution in [0.3, 0.4) is 0 Å². The van der Waals surface area contributed by atoms with Crippen molar-refractivity contribution in [3.05, 3.63) is 42.0 Å². The predicted octanol–water partition coefficient (Wildman–Crippen LogP) is 4.13. The number of ether oxygens (including phenoxy) is 2. The van der Waals surface area contributed by atoms with E-state index in [1.165, 1.54) is 11.9 Å². The molecule has 2 aromatic rings. The van der Waals surface area contributed by atoms with Crippen molar-refractivity contribution in [1.82, 2.24) is 5.01 Å². The Morgan fingerprint density at radius 2 is 1.84 bits per heavy atom. The fourth-order valence-corrected chi connectivity index (χ4v) is 6.76. The van der Waals surface area contributed by atoms with Gasteiger partial charge in [-0.15, -0.1) is 5.10 Å². The second kappa shape index (κ2) is 8.17. The van der Waals surface area contributed by atoms with Crippen molar-refractivity contribution in [2.75, 3.05) is 18.6 Å². The Labute approximate surface area is 216 Å². The Morgan fingerprint density at radius 1 is 1.13 bits per heavy atom. The highest BCUT2D eigenvalue weighted by Gasteiger charge is 2.74. The van der Waals surface area contributed by atoms with Gasteiger partial charge in [0.25, 0.3) is 0 Å². The molecule has 0 spiro atoms. The van der Waals surface area contributed by atoms with E-state index in [4.69, 9.17) is 9.47 Å². The Bertz CT molecular complexity index is 1440. The van der Waals surface area contributed by atoms with Crippen LogP contribution in [0.1, 0.15) is 38.2 Å². The highest BCUT2D eigenvalue weighted by molar-refractivity contribution is 6.26. The lowest BCUT2D eigenvalue weighted by molar-refractivity contribution is -0.175. The van der Waals surface area contributed by atoms with Crippen LogP contribution in [0.4, 0.5) is 18.9 Å². The number of halogens is 3. The molecule has 8 nitrogen and oxygen atoms in total. The molecule has 0 saturated carbocycles. The van der Waals surface area contributed by atoms with Gasteiger partial charge in [0.05, 0.1) is 53.4 Å². The minimum atomic E-state index is -4.42. The zero-order chi connectivity index (χ0) is 27.0. The number of carbonyl (C=O) groups is 2. The number of rotatable bonds is 4. The Hall–Kier alpha value is -3.65. The quantitative estimate of drug-likeness (QED) is 0.557. The van der Waals surface area contributed by atoms with Gasteiger partial charge in [-0.2, -0.15) is 18.4 Å². The third-order valence-corrected chi connectivity index (χ3v) is 8.53. The van der Waals surface area contributed by atoms with Crippen molar-refractivity contribution >= 4 is 34.2 Å². The van der Waals surface area contributed by atoms with Gasteiger partial charge in [-0.25, -0.2) is 4.90 Å². The van der Waals surface area contributed by atoms with E-state index in [2.05, 4.69) is 11.2 Å². The number of hydrogen-bond acceptors (Lipinski definition) is 7. The van der Waals surface area contributed by atoms with Crippen LogP contribution in [0.15, 0.2) is 41.5 Å². The number of nitrogens with zero attached hydrogens (tertiary/aromatic N) is 4. The van der Waals surface area contributed by atoms with Crippen molar-refractivity contribution in [3.63, 3.8) is 0 Å². The average Bonchev–Trinajstić information content (AvgIpc) is 3.57. The van der Waals surface area contributed by atoms with E-state index in [0.29, 0.717) is 34.9 Å². The molecule has 6 rings (SSSR count). The largest absolute Gasteiger partial charge is 0.480 e. The Kier molecular flexibility index (Phi) is 5.31. The molecule has 3 fully saturated rings. The van der Waals surface area contributed by atoms with E-state index < -0.39 is 35.3 Å². The second-order valence-electron chi connectivity index (χ2n) is 10.7. The molecule has 0 aliphatic carbocycles. The molecular weight excluding hydrogens is 501 g/mol. The summed E-state index contributed by atoms with van der Waals surface area (Å²) >= 11 is 0. The van der Waals surface area contributed by atoms with Gasteiger partial charge in [-0.3, -0.25) is 14.6 Å². The lowest BCUT2D eigenvalue weighted by Crippen LogP contribution is -2.43. The van der Waals surface area contributed by atoms with E-state index in [-0.39, 0.29) is 37.2 Å². The first-order valence-corrected chi connectivity index (χ1v) is 12.5. The first kappa shape index (κ1) is 24.7. The summed E-state index contributed by atoms with van der Waals surface area (Å²) < 4.78 is 51.6. The minimum absolute atomic E-state index is 0.0117. The summed E-state index contributed by atoms with van der Waals surface area (Å²) in [5.41, 5.74) is -0.917. The van der Waals surface area contributed by atoms with Crippen LogP contribution in [0.25, 0.3) is 10.8 Å². The SMILES string of the molecule is CN1N=C(OCC[C@@]23CC[C@@](C)(O2)[C@H]2C(=O)N(c4ccc(C#N)c5ccccc45)C(=O)[C@H]23)CC1C(F)(F)F. The molecule has 2 aromatic carbocycles. The molecule has 4 heterocycles. The minimum Gasteiger partial charge on any atom is -0.480 e. The van der Waals surface area contributed by atoms with Crippen LogP contribution >= 0.6 is 0 Å². The van der Waals surface area contributed by atoms with Crippen LogP contribution < -0.4 is 4.90 Å². The maximum Gasteiger partial charge on any atom is 0.410 e. The third-order valence-electron chi connectivity index (χ3n) is 8.53. The molecule has 1 unspecified atom stereocenters. The first-order chi connectivity index (χ1) is 18.0. The summed E-state index contributed by atoms with van der Waals surface area (Å²) in [7, 11) is 1.25. The summed E-state index contributed by atoms with van der Waals surface area (Å²) in [6, 6.07) is 10.8. The molecule has 4 aliphatic rings. The topological polar surface area (TPSA) is 95.2 Å². The van der Waals surface area contributed by atoms with E-state index >= 15 is 0 Å². The lowest BCUT2D eigenvalue weighted by Gasteiger charge is -2.31. The monoisotopic (exact) mass is 526 g/mol. The van der Waals surface area contributed by atoms with E-state index in [0.717, 1.165) is 5.01 Å². The van der Waals surface area contributed by atoms with Gasteiger partial charge in [-0.05, 0) is 31.9 Å². The van der Waals surface area contributed by atoms with Crippen molar-refractivity contribution < 1.29 is 32.2 Å². The van der Waals surface area contributed by atoms with E-state index in [1.54, 1.807) is 36.4 Å². The van der Waals surface area contributed by atoms with Crippen LogP contribution in [-0.2, 0) is 19.1 Å². The van der Waals surface area contributed by atoms with E-state index in [1.807, 2.05) is 6.92 Å². The molecule has 2 amide bonds. The molecule has 11 heteroatoms. The fraction of sp³-hybridized carbons (Fsp3) is 0.481. The maximum atomic E-state index is 13.9. The second-order valence-corrected chi connectivity index (χ2v) is 10.7. The molecule has 3 saturated heterocycles. The molecular formula is C27H25F3N4O4. The number of alkyl halides is 3. The molecule has 38 heavy (non-hydrogen) atoms. The lowest BCUT2D eigenvalue weighted by atomic mass is 9.67. The number of carbonyl (C=O) groups excluding carboxylic acids is 2. The number of imide groups is 1. The van der Waals surface area contributed by atoms with Gasteiger partial charge in [0.15, 0.2) is 6.04 Å². The number of amides is 2. The Balaban J connectivity index is 1.26. The van der Waals surface area contributed by atoms with E-state index in [9.17, 15) is 28.0 Å². The van der Waals surface area contributed by atoms with Crippen molar-refractivity contribution in [2.24, 2.45) is 16.9 Å². The zero-order valence-corrected chi connectivity index (χ0v) is 20.8. The molecule has 198 valence electrons. The number of anilines is 1. The maximum absolute atomic E-state index is 13.9. The molecule has 0 aromatic heterocycles. The van der Waals surface area contributed by atoms with Gasteiger partial charge >= 0.3 is 6.18 Å². The molecule has 0 radical (unpaired) electrons. The number of hydrazone groups is 1. The summed E-state index contributed by atoms with van der Waals surface area (Å²) in [5, 5.41) is 15.5. The normalized spacial score (nSPS) is 32.2. The van der Waals surface area contributed by atoms with Crippen molar-refractivity contribution in [2.45, 2.75) is 56.0 Å². The van der Waals surface area contributed by atoms with Gasteiger partial charge in [-0.1, -0.05) is 24.3 Å². The average molecular weight is 527 g/mol. The fourth-order valence-electron chi connectivity index (χ4n) is 6.76. The molecule has 0 N–H and O–H groups in total. The molecule has 2 bridgehead atoms. The standard InChI is InChI=1S/C27H25F3N4O4/c1-25-9-10-26(38-25,11-12-37-20-13-19(27(28,29)30)33(2)32-20)22-21(25)23(35)34(24(22)36)18-8-7-15(14-31)16-5-3-4-6-17(16)18/h3-8,19,21-22H,9-13H2,1-2H3/t19?,21-,22+,25-,26-/m1/s1. The van der Waals surface area contributed by atoms with Crippen LogP contribution in [0, 0.1) is 23.2 Å². The zero-order valence-electron chi connectivity index (χ0n) is 20.8. The van der Waals surface area contributed by atoms with Gasteiger partial charge < -0.3 is 9.47 Å². The van der Waals surface area contributed by atoms with Crippen molar-refractivity contribution in [1.29, 1.82) is 5.26 Å². The van der Waals surface area contributed by atoms with Gasteiger partial charge in [0.1, 0.15) is 0 Å².